The van der Waals surface area contributed by atoms with Crippen LogP contribution in [0.15, 0.2) is 30.3 Å². The number of hydrogen-bond acceptors (Lipinski definition) is 5. The standard InChI is InChI=1S/C15H14F6N4O/c1-8(7-26)22-13-24-11(15(19,20)21)6-12(25-13)23-10-4-2-9(3-5-10)14(16,17)18/h2-6,8,26H,7H2,1H3,(H2,22,23,24,25)/t8-/m1/s1. The van der Waals surface area contributed by atoms with Crippen molar-refractivity contribution in [3.8, 4) is 0 Å². The second-order valence-corrected chi connectivity index (χ2v) is 5.39. The molecule has 3 N–H and O–H groups in total. The molecular weight excluding hydrogens is 366 g/mol. The number of rotatable bonds is 5. The van der Waals surface area contributed by atoms with E-state index in [9.17, 15) is 26.3 Å². The van der Waals surface area contributed by atoms with Gasteiger partial charge >= 0.3 is 12.4 Å². The Bertz CT molecular complexity index is 745. The number of aliphatic hydroxyl groups excluding tert-OH is 1. The number of anilines is 3. The second-order valence-electron chi connectivity index (χ2n) is 5.39. The van der Waals surface area contributed by atoms with E-state index in [0.717, 1.165) is 24.3 Å². The van der Waals surface area contributed by atoms with Gasteiger partial charge in [0.15, 0.2) is 5.69 Å². The molecule has 11 heteroatoms. The lowest BCUT2D eigenvalue weighted by Crippen LogP contribution is -2.22. The zero-order chi connectivity index (χ0) is 19.5. The molecule has 0 aliphatic carbocycles. The van der Waals surface area contributed by atoms with E-state index in [-0.39, 0.29) is 24.1 Å². The first kappa shape index (κ1) is 19.8. The molecule has 0 aliphatic rings. The van der Waals surface area contributed by atoms with E-state index in [1.807, 2.05) is 0 Å². The average molecular weight is 380 g/mol. The molecule has 0 saturated heterocycles. The van der Waals surface area contributed by atoms with Crippen LogP contribution in [0.4, 0.5) is 43.8 Å². The van der Waals surface area contributed by atoms with Crippen molar-refractivity contribution in [2.45, 2.75) is 25.3 Å². The summed E-state index contributed by atoms with van der Waals surface area (Å²) in [5, 5.41) is 14.0. The fourth-order valence-electron chi connectivity index (χ4n) is 1.88. The van der Waals surface area contributed by atoms with E-state index < -0.39 is 29.7 Å². The monoisotopic (exact) mass is 380 g/mol. The molecule has 1 heterocycles. The molecule has 0 spiro atoms. The predicted octanol–water partition coefficient (Wildman–Crippen LogP) is 4.05. The smallest absolute Gasteiger partial charge is 0.394 e. The largest absolute Gasteiger partial charge is 0.433 e. The van der Waals surface area contributed by atoms with Crippen LogP contribution in [-0.2, 0) is 12.4 Å². The maximum absolute atomic E-state index is 13.0. The summed E-state index contributed by atoms with van der Waals surface area (Å²) in [6.45, 7) is 1.15. The van der Waals surface area contributed by atoms with Gasteiger partial charge in [0.2, 0.25) is 5.95 Å². The molecule has 0 aliphatic heterocycles. The first-order chi connectivity index (χ1) is 12.0. The molecule has 2 rings (SSSR count). The normalized spacial score (nSPS) is 13.4. The number of aromatic nitrogens is 2. The van der Waals surface area contributed by atoms with Gasteiger partial charge in [0.1, 0.15) is 5.82 Å². The van der Waals surface area contributed by atoms with Gasteiger partial charge in [-0.25, -0.2) is 4.98 Å². The molecule has 26 heavy (non-hydrogen) atoms. The highest BCUT2D eigenvalue weighted by atomic mass is 19.4. The van der Waals surface area contributed by atoms with E-state index in [1.54, 1.807) is 0 Å². The number of halogens is 6. The lowest BCUT2D eigenvalue weighted by molar-refractivity contribution is -0.141. The topological polar surface area (TPSA) is 70.1 Å². The third kappa shape index (κ3) is 5.22. The molecule has 142 valence electrons. The Hall–Kier alpha value is -2.56. The lowest BCUT2D eigenvalue weighted by Gasteiger charge is -2.15. The maximum atomic E-state index is 13.0. The van der Waals surface area contributed by atoms with Crippen molar-refractivity contribution in [2.75, 3.05) is 17.2 Å². The number of nitrogens with one attached hydrogen (secondary N) is 2. The fourth-order valence-corrected chi connectivity index (χ4v) is 1.88. The Morgan fingerprint density at radius 2 is 1.62 bits per heavy atom. The highest BCUT2D eigenvalue weighted by Crippen LogP contribution is 2.32. The van der Waals surface area contributed by atoms with Gasteiger partial charge in [-0.15, -0.1) is 0 Å². The Morgan fingerprint density at radius 3 is 2.12 bits per heavy atom. The SMILES string of the molecule is C[C@H](CO)Nc1nc(Nc2ccc(C(F)(F)F)cc2)cc(C(F)(F)F)n1. The van der Waals surface area contributed by atoms with Crippen LogP contribution in [0.2, 0.25) is 0 Å². The summed E-state index contributed by atoms with van der Waals surface area (Å²) in [6, 6.07) is 3.76. The first-order valence-corrected chi connectivity index (χ1v) is 7.27. The van der Waals surface area contributed by atoms with Crippen LogP contribution < -0.4 is 10.6 Å². The molecule has 0 radical (unpaired) electrons. The number of nitrogens with zero attached hydrogens (tertiary/aromatic N) is 2. The molecule has 0 amide bonds. The van der Waals surface area contributed by atoms with Gasteiger partial charge in [-0.2, -0.15) is 31.3 Å². The van der Waals surface area contributed by atoms with Crippen LogP contribution in [0.3, 0.4) is 0 Å². The van der Waals surface area contributed by atoms with Gasteiger partial charge in [0.25, 0.3) is 0 Å². The van der Waals surface area contributed by atoms with Gasteiger partial charge in [0, 0.05) is 17.8 Å². The zero-order valence-corrected chi connectivity index (χ0v) is 13.3. The molecular formula is C15H14F6N4O. The quantitative estimate of drug-likeness (QED) is 0.683. The van der Waals surface area contributed by atoms with Crippen molar-refractivity contribution in [1.82, 2.24) is 9.97 Å². The first-order valence-electron chi connectivity index (χ1n) is 7.27. The summed E-state index contributed by atoms with van der Waals surface area (Å²) in [5.41, 5.74) is -2.01. The third-order valence-electron chi connectivity index (χ3n) is 3.15. The summed E-state index contributed by atoms with van der Waals surface area (Å²) >= 11 is 0. The van der Waals surface area contributed by atoms with E-state index in [0.29, 0.717) is 6.07 Å². The zero-order valence-electron chi connectivity index (χ0n) is 13.3. The van der Waals surface area contributed by atoms with Crippen LogP contribution >= 0.6 is 0 Å². The number of alkyl halides is 6. The lowest BCUT2D eigenvalue weighted by atomic mass is 10.2. The van der Waals surface area contributed by atoms with E-state index in [2.05, 4.69) is 20.6 Å². The Morgan fingerprint density at radius 1 is 1.00 bits per heavy atom. The van der Waals surface area contributed by atoms with Gasteiger partial charge < -0.3 is 15.7 Å². The third-order valence-corrected chi connectivity index (χ3v) is 3.15. The summed E-state index contributed by atoms with van der Waals surface area (Å²) in [6.07, 6.45) is -9.27. The van der Waals surface area contributed by atoms with Crippen LogP contribution in [-0.4, -0.2) is 27.7 Å². The summed E-state index contributed by atoms with van der Waals surface area (Å²) in [7, 11) is 0. The van der Waals surface area contributed by atoms with Gasteiger partial charge in [-0.3, -0.25) is 0 Å². The minimum Gasteiger partial charge on any atom is -0.394 e. The summed E-state index contributed by atoms with van der Waals surface area (Å²) in [5.74, 6) is -0.643. The Balaban J connectivity index is 2.31. The minimum atomic E-state index is -4.75. The summed E-state index contributed by atoms with van der Waals surface area (Å²) in [4.78, 5) is 7.17. The minimum absolute atomic E-state index is 0.117. The van der Waals surface area contributed by atoms with Crippen molar-refractivity contribution in [3.05, 3.63) is 41.6 Å². The van der Waals surface area contributed by atoms with Crippen molar-refractivity contribution in [3.63, 3.8) is 0 Å². The molecule has 1 aromatic carbocycles. The van der Waals surface area contributed by atoms with E-state index >= 15 is 0 Å². The number of aliphatic hydroxyl groups is 1. The summed E-state index contributed by atoms with van der Waals surface area (Å²) < 4.78 is 76.5. The predicted molar refractivity (Wildman–Crippen MR) is 81.9 cm³/mol. The van der Waals surface area contributed by atoms with Crippen LogP contribution in [0, 0.1) is 0 Å². The molecule has 1 atom stereocenters. The Kier molecular flexibility index (Phi) is 5.59. The van der Waals surface area contributed by atoms with Crippen molar-refractivity contribution in [2.24, 2.45) is 0 Å². The van der Waals surface area contributed by atoms with Gasteiger partial charge in [-0.1, -0.05) is 0 Å². The number of benzene rings is 1. The molecule has 2 aromatic rings. The highest BCUT2D eigenvalue weighted by Gasteiger charge is 2.34. The van der Waals surface area contributed by atoms with Gasteiger partial charge in [0.05, 0.1) is 12.2 Å². The second kappa shape index (κ2) is 7.36. The molecule has 0 fully saturated rings. The fraction of sp³-hybridized carbons (Fsp3) is 0.333. The Labute approximate surface area is 144 Å². The molecule has 0 bridgehead atoms. The number of hydrogen-bond donors (Lipinski definition) is 3. The molecule has 0 saturated carbocycles. The van der Waals surface area contributed by atoms with Crippen LogP contribution in [0.25, 0.3) is 0 Å². The maximum Gasteiger partial charge on any atom is 0.433 e. The van der Waals surface area contributed by atoms with Crippen molar-refractivity contribution in [1.29, 1.82) is 0 Å². The van der Waals surface area contributed by atoms with Crippen molar-refractivity contribution >= 4 is 17.5 Å². The average Bonchev–Trinajstić information content (AvgIpc) is 2.53. The molecule has 5 nitrogen and oxygen atoms in total. The van der Waals surface area contributed by atoms with E-state index in [4.69, 9.17) is 5.11 Å². The molecule has 0 unspecified atom stereocenters. The van der Waals surface area contributed by atoms with Gasteiger partial charge in [-0.05, 0) is 31.2 Å². The van der Waals surface area contributed by atoms with Crippen LogP contribution in [0.5, 0.6) is 0 Å². The molecule has 1 aromatic heterocycles. The van der Waals surface area contributed by atoms with Crippen molar-refractivity contribution < 1.29 is 31.4 Å². The van der Waals surface area contributed by atoms with Crippen LogP contribution in [0.1, 0.15) is 18.2 Å². The highest BCUT2D eigenvalue weighted by molar-refractivity contribution is 5.58. The van der Waals surface area contributed by atoms with E-state index in [1.165, 1.54) is 6.92 Å².